The Labute approximate surface area is 233 Å². The molecule has 0 aliphatic rings. The van der Waals surface area contributed by atoms with Crippen LogP contribution < -0.4 is 14.4 Å². The Morgan fingerprint density at radius 3 is 2.40 bits per heavy atom. The zero-order valence-corrected chi connectivity index (χ0v) is 23.1. The topological polar surface area (TPSA) is 91.8 Å². The largest absolute Gasteiger partial charge is 0.473 e. The molecule has 0 saturated heterocycles. The van der Waals surface area contributed by atoms with Gasteiger partial charge < -0.3 is 10.1 Å². The number of pyridine rings is 1. The lowest BCUT2D eigenvalue weighted by Crippen LogP contribution is -2.28. The van der Waals surface area contributed by atoms with Crippen LogP contribution in [-0.4, -0.2) is 26.7 Å². The van der Waals surface area contributed by atoms with Crippen LogP contribution in [0, 0.1) is 5.82 Å². The Hall–Kier alpha value is -3.51. The number of halogens is 4. The first kappa shape index (κ1) is 31.0. The van der Waals surface area contributed by atoms with Gasteiger partial charge >= 0.3 is 6.18 Å². The molecule has 1 heterocycles. The molecule has 40 heavy (non-hydrogen) atoms. The Bertz CT molecular complexity index is 1340. The second kappa shape index (κ2) is 13.7. The van der Waals surface area contributed by atoms with Crippen molar-refractivity contribution in [3.05, 3.63) is 88.4 Å². The number of hydrogen-bond acceptors (Lipinski definition) is 4. The Kier molecular flexibility index (Phi) is 10.6. The van der Waals surface area contributed by atoms with E-state index in [2.05, 4.69) is 17.2 Å². The summed E-state index contributed by atoms with van der Waals surface area (Å²) in [5, 5.41) is 2.63. The number of ether oxygens (including phenoxy) is 1. The smallest absolute Gasteiger partial charge is 0.433 e. The van der Waals surface area contributed by atoms with Crippen molar-refractivity contribution in [3.8, 4) is 5.88 Å². The van der Waals surface area contributed by atoms with E-state index in [0.29, 0.717) is 5.56 Å². The predicted octanol–water partition coefficient (Wildman–Crippen LogP) is 6.15. The zero-order valence-electron chi connectivity index (χ0n) is 22.3. The van der Waals surface area contributed by atoms with Gasteiger partial charge in [-0.2, -0.15) is 13.2 Å². The predicted molar refractivity (Wildman–Crippen MR) is 144 cm³/mol. The normalized spacial score (nSPS) is 13.0. The van der Waals surface area contributed by atoms with Crippen molar-refractivity contribution in [1.82, 2.24) is 10.3 Å². The Morgan fingerprint density at radius 2 is 1.80 bits per heavy atom. The molecule has 1 amide bonds. The molecule has 3 aromatic rings. The van der Waals surface area contributed by atoms with E-state index < -0.39 is 40.8 Å². The third-order valence-electron chi connectivity index (χ3n) is 6.34. The monoisotopic (exact) mass is 581 g/mol. The number of nitrogens with zero attached hydrogens (tertiary/aromatic N) is 2. The lowest BCUT2D eigenvalue weighted by atomic mass is 9.99. The number of aromatic nitrogens is 1. The van der Waals surface area contributed by atoms with Crippen LogP contribution in [0.15, 0.2) is 54.6 Å². The first-order valence-corrected chi connectivity index (χ1v) is 13.7. The molecule has 216 valence electrons. The van der Waals surface area contributed by atoms with Crippen LogP contribution in [0.5, 0.6) is 5.88 Å². The molecule has 0 aliphatic heterocycles. The van der Waals surface area contributed by atoms with Crippen LogP contribution in [0.2, 0.25) is 0 Å². The second-order valence-corrected chi connectivity index (χ2v) is 10.3. The summed E-state index contributed by atoms with van der Waals surface area (Å²) in [6, 6.07) is 13.4. The van der Waals surface area contributed by atoms with E-state index in [1.807, 2.05) is 24.3 Å². The summed E-state index contributed by atoms with van der Waals surface area (Å²) in [7, 11) is 1.24. The van der Waals surface area contributed by atoms with Crippen molar-refractivity contribution >= 4 is 22.9 Å². The number of rotatable bonds is 12. The molecule has 0 bridgehead atoms. The molecular weight excluding hydrogens is 550 g/mol. The quantitative estimate of drug-likeness (QED) is 0.198. The SMILES string of the molecule is CCCCc1ccc(COc2nc(C(F)(F)F)ccc2CNC(=O)C(C)c2ccc(N(C)S(=O)O)c(F)c2)cc1. The van der Waals surface area contributed by atoms with Crippen molar-refractivity contribution in [3.63, 3.8) is 0 Å². The lowest BCUT2D eigenvalue weighted by Gasteiger charge is -2.18. The number of unbranched alkanes of at least 4 members (excludes halogenated alkanes) is 1. The molecule has 0 aliphatic carbocycles. The highest BCUT2D eigenvalue weighted by Crippen LogP contribution is 2.31. The second-order valence-electron chi connectivity index (χ2n) is 9.25. The average Bonchev–Trinajstić information content (AvgIpc) is 2.92. The van der Waals surface area contributed by atoms with E-state index in [1.54, 1.807) is 0 Å². The molecule has 0 radical (unpaired) electrons. The molecule has 7 nitrogen and oxygen atoms in total. The fraction of sp³-hybridized carbons (Fsp3) is 0.357. The third kappa shape index (κ3) is 8.25. The molecule has 2 N–H and O–H groups in total. The molecule has 2 unspecified atom stereocenters. The fourth-order valence-corrected chi connectivity index (χ4v) is 4.16. The van der Waals surface area contributed by atoms with E-state index in [4.69, 9.17) is 9.29 Å². The number of nitrogens with one attached hydrogen (secondary N) is 1. The maximum atomic E-state index is 14.5. The van der Waals surface area contributed by atoms with Crippen molar-refractivity contribution < 1.29 is 35.9 Å². The highest BCUT2D eigenvalue weighted by Gasteiger charge is 2.33. The molecule has 0 spiro atoms. The number of carbonyl (C=O) groups excluding carboxylic acids is 1. The molecule has 12 heteroatoms. The average molecular weight is 582 g/mol. The first-order chi connectivity index (χ1) is 18.9. The third-order valence-corrected chi connectivity index (χ3v) is 7.00. The summed E-state index contributed by atoms with van der Waals surface area (Å²) in [4.78, 5) is 16.5. The number of anilines is 1. The minimum atomic E-state index is -4.68. The van der Waals surface area contributed by atoms with Gasteiger partial charge in [-0.25, -0.2) is 13.6 Å². The van der Waals surface area contributed by atoms with Crippen molar-refractivity contribution in [2.75, 3.05) is 11.4 Å². The van der Waals surface area contributed by atoms with Gasteiger partial charge in [-0.05, 0) is 60.7 Å². The summed E-state index contributed by atoms with van der Waals surface area (Å²) < 4.78 is 81.3. The summed E-state index contributed by atoms with van der Waals surface area (Å²) in [5.41, 5.74) is 1.21. The van der Waals surface area contributed by atoms with E-state index in [0.717, 1.165) is 46.8 Å². The van der Waals surface area contributed by atoms with Gasteiger partial charge in [-0.15, -0.1) is 0 Å². The summed E-state index contributed by atoms with van der Waals surface area (Å²) in [5.74, 6) is -2.39. The molecule has 0 saturated carbocycles. The van der Waals surface area contributed by atoms with Crippen molar-refractivity contribution in [1.29, 1.82) is 0 Å². The highest BCUT2D eigenvalue weighted by molar-refractivity contribution is 7.80. The number of alkyl halides is 3. The van der Waals surface area contributed by atoms with Crippen molar-refractivity contribution in [2.45, 2.75) is 58.4 Å². The van der Waals surface area contributed by atoms with Crippen LogP contribution in [0.4, 0.5) is 23.2 Å². The first-order valence-electron chi connectivity index (χ1n) is 12.6. The Balaban J connectivity index is 1.72. The van der Waals surface area contributed by atoms with Crippen LogP contribution in [-0.2, 0) is 41.8 Å². The fourth-order valence-electron chi connectivity index (χ4n) is 3.84. The van der Waals surface area contributed by atoms with Gasteiger partial charge in [-0.3, -0.25) is 13.7 Å². The van der Waals surface area contributed by atoms with E-state index in [1.165, 1.54) is 32.2 Å². The number of hydrogen-bond donors (Lipinski definition) is 2. The van der Waals surface area contributed by atoms with E-state index >= 15 is 0 Å². The van der Waals surface area contributed by atoms with Crippen LogP contribution in [0.3, 0.4) is 0 Å². The minimum absolute atomic E-state index is 0.0155. The summed E-state index contributed by atoms with van der Waals surface area (Å²) >= 11 is -2.42. The molecule has 0 fully saturated rings. The molecular formula is C28H31F4N3O4S. The lowest BCUT2D eigenvalue weighted by molar-refractivity contribution is -0.141. The van der Waals surface area contributed by atoms with Crippen LogP contribution in [0.25, 0.3) is 0 Å². The number of amides is 1. The minimum Gasteiger partial charge on any atom is -0.473 e. The number of aryl methyl sites for hydroxylation is 1. The van der Waals surface area contributed by atoms with Crippen LogP contribution in [0.1, 0.15) is 60.6 Å². The zero-order chi connectivity index (χ0) is 29.4. The summed E-state index contributed by atoms with van der Waals surface area (Å²) in [6.07, 6.45) is -1.62. The van der Waals surface area contributed by atoms with Gasteiger partial charge in [-0.1, -0.05) is 43.7 Å². The van der Waals surface area contributed by atoms with Gasteiger partial charge in [0.1, 0.15) is 18.1 Å². The van der Waals surface area contributed by atoms with Gasteiger partial charge in [0, 0.05) is 19.2 Å². The maximum absolute atomic E-state index is 14.5. The van der Waals surface area contributed by atoms with Gasteiger partial charge in [0.2, 0.25) is 11.8 Å². The highest BCUT2D eigenvalue weighted by atomic mass is 32.2. The van der Waals surface area contributed by atoms with E-state index in [-0.39, 0.29) is 30.3 Å². The van der Waals surface area contributed by atoms with Crippen molar-refractivity contribution in [2.24, 2.45) is 0 Å². The number of benzene rings is 2. The molecule has 3 rings (SSSR count). The maximum Gasteiger partial charge on any atom is 0.433 e. The van der Waals surface area contributed by atoms with Gasteiger partial charge in [0.25, 0.3) is 11.3 Å². The van der Waals surface area contributed by atoms with Gasteiger partial charge in [0.15, 0.2) is 0 Å². The molecule has 1 aromatic heterocycles. The number of carbonyl (C=O) groups is 1. The Morgan fingerprint density at radius 1 is 1.12 bits per heavy atom. The molecule has 2 atom stereocenters. The summed E-state index contributed by atoms with van der Waals surface area (Å²) in [6.45, 7) is 3.45. The van der Waals surface area contributed by atoms with E-state index in [9.17, 15) is 26.6 Å². The van der Waals surface area contributed by atoms with Crippen LogP contribution >= 0.6 is 0 Å². The molecule has 2 aromatic carbocycles. The standard InChI is InChI=1S/C28H31F4N3O4S/c1-4-5-6-19-7-9-20(10-8-19)17-39-27-22(12-14-25(34-27)28(30,31)32)16-33-26(36)18(2)21-11-13-24(23(29)15-21)35(3)40(37)38/h7-15,18H,4-6,16-17H2,1-3H3,(H,33,36)(H,37,38). The van der Waals surface area contributed by atoms with Gasteiger partial charge in [0.05, 0.1) is 11.6 Å².